The average molecular weight is 510 g/mol. The van der Waals surface area contributed by atoms with Gasteiger partial charge in [0.05, 0.1) is 36.2 Å². The number of nitrogen functional groups attached to an aromatic ring is 1. The molecule has 0 aliphatic rings. The molecule has 38 heavy (non-hydrogen) atoms. The van der Waals surface area contributed by atoms with Gasteiger partial charge in [-0.1, -0.05) is 43.3 Å². The Morgan fingerprint density at radius 1 is 1.03 bits per heavy atom. The summed E-state index contributed by atoms with van der Waals surface area (Å²) in [5.41, 5.74) is 10.9. The van der Waals surface area contributed by atoms with E-state index >= 15 is 0 Å². The molecule has 0 fully saturated rings. The highest BCUT2D eigenvalue weighted by molar-refractivity contribution is 6.00. The van der Waals surface area contributed by atoms with Gasteiger partial charge in [0.25, 0.3) is 5.56 Å². The van der Waals surface area contributed by atoms with Crippen molar-refractivity contribution >= 4 is 33.8 Å². The number of benzene rings is 2. The summed E-state index contributed by atoms with van der Waals surface area (Å²) in [6, 6.07) is 15.8. The molecule has 2 N–H and O–H groups in total. The molecule has 194 valence electrons. The standard InChI is InChI=1S/C29H31N7O2/c1-4-13-38-14-12-31-16-23-26-27(30)32-18-33-28(26)35(34-23)17-22-15-21-10-7-9-20(3)25(21)29(37)36(22)24-11-6-5-8-19(24)2/h5-11,15-16,18H,4,12-14,17H2,1-3H3,(H2,30,32,33). The maximum atomic E-state index is 13.9. The highest BCUT2D eigenvalue weighted by Gasteiger charge is 2.19. The Hall–Kier alpha value is -4.37. The maximum Gasteiger partial charge on any atom is 0.263 e. The normalized spacial score (nSPS) is 11.8. The smallest absolute Gasteiger partial charge is 0.263 e. The molecule has 0 saturated heterocycles. The van der Waals surface area contributed by atoms with Gasteiger partial charge in [-0.05, 0) is 48.9 Å². The molecule has 0 saturated carbocycles. The van der Waals surface area contributed by atoms with E-state index in [1.54, 1.807) is 15.5 Å². The summed E-state index contributed by atoms with van der Waals surface area (Å²) < 4.78 is 9.05. The highest BCUT2D eigenvalue weighted by atomic mass is 16.5. The predicted octanol–water partition coefficient (Wildman–Crippen LogP) is 4.22. The first kappa shape index (κ1) is 25.3. The van der Waals surface area contributed by atoms with Gasteiger partial charge < -0.3 is 10.5 Å². The fourth-order valence-corrected chi connectivity index (χ4v) is 4.71. The number of pyridine rings is 1. The molecule has 3 heterocycles. The van der Waals surface area contributed by atoms with Crippen molar-refractivity contribution in [1.82, 2.24) is 24.3 Å². The molecule has 0 aliphatic carbocycles. The van der Waals surface area contributed by atoms with Crippen LogP contribution in [0.2, 0.25) is 0 Å². The van der Waals surface area contributed by atoms with Gasteiger partial charge in [-0.3, -0.25) is 14.4 Å². The molecule has 0 amide bonds. The Morgan fingerprint density at radius 3 is 2.66 bits per heavy atom. The lowest BCUT2D eigenvalue weighted by Crippen LogP contribution is -2.25. The fraction of sp³-hybridized carbons (Fsp3) is 0.276. The number of hydrogen-bond acceptors (Lipinski definition) is 7. The van der Waals surface area contributed by atoms with Gasteiger partial charge in [-0.15, -0.1) is 0 Å². The predicted molar refractivity (Wildman–Crippen MR) is 151 cm³/mol. The van der Waals surface area contributed by atoms with Crippen LogP contribution in [0.1, 0.15) is 35.9 Å². The van der Waals surface area contributed by atoms with Gasteiger partial charge in [0.2, 0.25) is 0 Å². The number of ether oxygens (including phenoxy) is 1. The molecule has 0 unspecified atom stereocenters. The number of fused-ring (bicyclic) bond motifs is 2. The van der Waals surface area contributed by atoms with Crippen molar-refractivity contribution in [3.63, 3.8) is 0 Å². The molecular formula is C29H31N7O2. The second-order valence-electron chi connectivity index (χ2n) is 9.25. The third kappa shape index (κ3) is 4.80. The van der Waals surface area contributed by atoms with Crippen LogP contribution in [-0.4, -0.2) is 50.3 Å². The van der Waals surface area contributed by atoms with Crippen LogP contribution in [0.25, 0.3) is 27.5 Å². The van der Waals surface area contributed by atoms with E-state index in [1.165, 1.54) is 6.33 Å². The summed E-state index contributed by atoms with van der Waals surface area (Å²) in [7, 11) is 0. The summed E-state index contributed by atoms with van der Waals surface area (Å²) >= 11 is 0. The second-order valence-corrected chi connectivity index (χ2v) is 9.25. The lowest BCUT2D eigenvalue weighted by molar-refractivity contribution is 0.142. The first-order valence-corrected chi connectivity index (χ1v) is 12.7. The molecule has 9 heteroatoms. The van der Waals surface area contributed by atoms with Crippen molar-refractivity contribution in [2.75, 3.05) is 25.5 Å². The number of aliphatic imine (C=N–C) groups is 1. The van der Waals surface area contributed by atoms with Gasteiger partial charge in [-0.2, -0.15) is 5.10 Å². The van der Waals surface area contributed by atoms with Crippen molar-refractivity contribution in [3.05, 3.63) is 87.7 Å². The molecule has 0 atom stereocenters. The van der Waals surface area contributed by atoms with Crippen LogP contribution in [-0.2, 0) is 11.3 Å². The zero-order chi connectivity index (χ0) is 26.6. The first-order valence-electron chi connectivity index (χ1n) is 12.7. The SMILES string of the molecule is CCCOCCN=Cc1nn(Cc2cc3cccc(C)c3c(=O)n2-c2ccccc2C)c2ncnc(N)c12. The minimum absolute atomic E-state index is 0.0654. The van der Waals surface area contributed by atoms with Crippen molar-refractivity contribution in [1.29, 1.82) is 0 Å². The van der Waals surface area contributed by atoms with Crippen molar-refractivity contribution in [2.24, 2.45) is 4.99 Å². The maximum absolute atomic E-state index is 13.9. The summed E-state index contributed by atoms with van der Waals surface area (Å²) in [6.07, 6.45) is 4.08. The topological polar surface area (TPSA) is 113 Å². The van der Waals surface area contributed by atoms with Gasteiger partial charge in [0.1, 0.15) is 17.8 Å². The zero-order valence-corrected chi connectivity index (χ0v) is 21.9. The largest absolute Gasteiger partial charge is 0.383 e. The number of anilines is 1. The van der Waals surface area contributed by atoms with E-state index in [0.717, 1.165) is 34.3 Å². The average Bonchev–Trinajstić information content (AvgIpc) is 3.25. The molecule has 0 radical (unpaired) electrons. The summed E-state index contributed by atoms with van der Waals surface area (Å²) in [5, 5.41) is 7.01. The van der Waals surface area contributed by atoms with Crippen molar-refractivity contribution in [3.8, 4) is 5.69 Å². The summed E-state index contributed by atoms with van der Waals surface area (Å²) in [6.45, 7) is 8.09. The summed E-state index contributed by atoms with van der Waals surface area (Å²) in [4.78, 5) is 27.1. The quantitative estimate of drug-likeness (QED) is 0.235. The Kier molecular flexibility index (Phi) is 7.28. The van der Waals surface area contributed by atoms with E-state index < -0.39 is 0 Å². The number of aryl methyl sites for hydroxylation is 2. The molecular weight excluding hydrogens is 478 g/mol. The first-order chi connectivity index (χ1) is 18.5. The molecule has 0 spiro atoms. The van der Waals surface area contributed by atoms with E-state index in [1.807, 2.05) is 62.4 Å². The molecule has 5 rings (SSSR count). The summed E-state index contributed by atoms with van der Waals surface area (Å²) in [5.74, 6) is 0.329. The van der Waals surface area contributed by atoms with Crippen LogP contribution >= 0.6 is 0 Å². The van der Waals surface area contributed by atoms with Crippen LogP contribution in [0, 0.1) is 13.8 Å². The number of nitrogens with two attached hydrogens (primary N) is 1. The van der Waals surface area contributed by atoms with Crippen LogP contribution in [0.3, 0.4) is 0 Å². The van der Waals surface area contributed by atoms with Crippen LogP contribution in [0.4, 0.5) is 5.82 Å². The number of rotatable bonds is 9. The minimum Gasteiger partial charge on any atom is -0.383 e. The number of para-hydroxylation sites is 1. The van der Waals surface area contributed by atoms with Gasteiger partial charge in [0.15, 0.2) is 5.65 Å². The lowest BCUT2D eigenvalue weighted by atomic mass is 10.1. The number of aromatic nitrogens is 5. The van der Waals surface area contributed by atoms with E-state index in [4.69, 9.17) is 15.6 Å². The van der Waals surface area contributed by atoms with Crippen molar-refractivity contribution in [2.45, 2.75) is 33.7 Å². The molecule has 0 bridgehead atoms. The van der Waals surface area contributed by atoms with Gasteiger partial charge >= 0.3 is 0 Å². The van der Waals surface area contributed by atoms with Crippen molar-refractivity contribution < 1.29 is 4.74 Å². The Balaban J connectivity index is 1.64. The zero-order valence-electron chi connectivity index (χ0n) is 21.9. The van der Waals surface area contributed by atoms with Crippen LogP contribution in [0.15, 0.2) is 64.6 Å². The van der Waals surface area contributed by atoms with E-state index in [0.29, 0.717) is 54.2 Å². The third-order valence-electron chi connectivity index (χ3n) is 6.51. The lowest BCUT2D eigenvalue weighted by Gasteiger charge is -2.17. The Bertz CT molecular complexity index is 1700. The molecule has 5 aromatic rings. The molecule has 0 aliphatic heterocycles. The van der Waals surface area contributed by atoms with Crippen LogP contribution in [0.5, 0.6) is 0 Å². The van der Waals surface area contributed by atoms with Crippen LogP contribution < -0.4 is 11.3 Å². The molecule has 2 aromatic carbocycles. The van der Waals surface area contributed by atoms with E-state index in [2.05, 4.69) is 21.9 Å². The fourth-order valence-electron chi connectivity index (χ4n) is 4.71. The number of hydrogen-bond donors (Lipinski definition) is 1. The van der Waals surface area contributed by atoms with Gasteiger partial charge in [0, 0.05) is 18.5 Å². The number of nitrogens with zero attached hydrogens (tertiary/aromatic N) is 6. The van der Waals surface area contributed by atoms with Gasteiger partial charge in [-0.25, -0.2) is 14.6 Å². The minimum atomic E-state index is -0.0654. The third-order valence-corrected chi connectivity index (χ3v) is 6.51. The monoisotopic (exact) mass is 509 g/mol. The Labute approximate surface area is 220 Å². The molecule has 9 nitrogen and oxygen atoms in total. The Morgan fingerprint density at radius 2 is 1.84 bits per heavy atom. The highest BCUT2D eigenvalue weighted by Crippen LogP contribution is 2.24. The molecule has 3 aromatic heterocycles. The second kappa shape index (κ2) is 10.9. The van der Waals surface area contributed by atoms with E-state index in [-0.39, 0.29) is 5.56 Å². The van der Waals surface area contributed by atoms with E-state index in [9.17, 15) is 4.79 Å².